The number of nitrogens with zero attached hydrogens (tertiary/aromatic N) is 1. The molecule has 5 heteroatoms. The molecule has 0 aromatic heterocycles. The van der Waals surface area contributed by atoms with Crippen molar-refractivity contribution in [2.45, 2.75) is 39.7 Å². The van der Waals surface area contributed by atoms with Gasteiger partial charge in [-0.05, 0) is 39.2 Å². The van der Waals surface area contributed by atoms with Gasteiger partial charge in [-0.15, -0.1) is 0 Å². The lowest BCUT2D eigenvalue weighted by Gasteiger charge is -2.34. The van der Waals surface area contributed by atoms with Crippen LogP contribution in [0.1, 0.15) is 33.6 Å². The van der Waals surface area contributed by atoms with Crippen LogP contribution < -0.4 is 10.6 Å². The van der Waals surface area contributed by atoms with Gasteiger partial charge in [-0.2, -0.15) is 0 Å². The minimum Gasteiger partial charge on any atom is -0.338 e. The number of imide groups is 1. The molecule has 1 heterocycles. The van der Waals surface area contributed by atoms with E-state index < -0.39 is 6.03 Å². The Morgan fingerprint density at radius 2 is 2.18 bits per heavy atom. The molecule has 0 bridgehead atoms. The van der Waals surface area contributed by atoms with E-state index in [2.05, 4.69) is 22.5 Å². The monoisotopic (exact) mass is 241 g/mol. The van der Waals surface area contributed by atoms with Crippen LogP contribution >= 0.6 is 0 Å². The molecule has 5 nitrogen and oxygen atoms in total. The highest BCUT2D eigenvalue weighted by atomic mass is 16.2. The van der Waals surface area contributed by atoms with Gasteiger partial charge in [0.25, 0.3) is 0 Å². The van der Waals surface area contributed by atoms with Gasteiger partial charge in [-0.1, -0.05) is 6.92 Å². The Balaban J connectivity index is 2.42. The quantitative estimate of drug-likeness (QED) is 0.773. The highest BCUT2D eigenvalue weighted by Gasteiger charge is 2.26. The summed E-state index contributed by atoms with van der Waals surface area (Å²) in [4.78, 5) is 25.2. The van der Waals surface area contributed by atoms with Crippen LogP contribution in [0.4, 0.5) is 4.79 Å². The number of carbonyl (C=O) groups excluding carboxylic acids is 2. The summed E-state index contributed by atoms with van der Waals surface area (Å²) in [6.45, 7) is 8.26. The van der Waals surface area contributed by atoms with Crippen molar-refractivity contribution in [3.8, 4) is 0 Å². The first kappa shape index (κ1) is 14.0. The second kappa shape index (κ2) is 6.59. The van der Waals surface area contributed by atoms with Crippen LogP contribution in [0, 0.1) is 5.92 Å². The first-order valence-electron chi connectivity index (χ1n) is 6.37. The number of rotatable bonds is 3. The van der Waals surface area contributed by atoms with Crippen molar-refractivity contribution in [3.63, 3.8) is 0 Å². The van der Waals surface area contributed by atoms with E-state index >= 15 is 0 Å². The fourth-order valence-electron chi connectivity index (χ4n) is 2.16. The van der Waals surface area contributed by atoms with Gasteiger partial charge in [0.2, 0.25) is 5.91 Å². The van der Waals surface area contributed by atoms with Crippen molar-refractivity contribution < 1.29 is 9.59 Å². The normalized spacial score (nSPS) is 22.9. The van der Waals surface area contributed by atoms with Crippen LogP contribution in [0.5, 0.6) is 0 Å². The molecular formula is C12H23N3O2. The third-order valence-electron chi connectivity index (χ3n) is 3.19. The molecule has 17 heavy (non-hydrogen) atoms. The van der Waals surface area contributed by atoms with Crippen LogP contribution in [0.15, 0.2) is 0 Å². The van der Waals surface area contributed by atoms with E-state index in [4.69, 9.17) is 0 Å². The summed E-state index contributed by atoms with van der Waals surface area (Å²) in [5.41, 5.74) is 0. The van der Waals surface area contributed by atoms with Crippen molar-refractivity contribution in [1.82, 2.24) is 15.5 Å². The van der Waals surface area contributed by atoms with Crippen LogP contribution in [0.25, 0.3) is 0 Å². The summed E-state index contributed by atoms with van der Waals surface area (Å²) >= 11 is 0. The summed E-state index contributed by atoms with van der Waals surface area (Å²) in [6.07, 6.45) is 2.35. The molecule has 0 saturated carbocycles. The van der Waals surface area contributed by atoms with Crippen molar-refractivity contribution in [2.24, 2.45) is 5.92 Å². The predicted molar refractivity (Wildman–Crippen MR) is 66.6 cm³/mol. The number of hydrogen-bond donors (Lipinski definition) is 2. The topological polar surface area (TPSA) is 61.4 Å². The Kier molecular flexibility index (Phi) is 5.41. The van der Waals surface area contributed by atoms with Crippen LogP contribution in [-0.2, 0) is 4.79 Å². The standard InChI is InChI=1S/C12H23N3O2/c1-4-13-12(17)14-11(16)10(3)15-7-5-6-9(2)8-15/h9-10H,4-8H2,1-3H3,(H2,13,14,16,17). The Morgan fingerprint density at radius 1 is 1.47 bits per heavy atom. The zero-order chi connectivity index (χ0) is 12.8. The van der Waals surface area contributed by atoms with E-state index in [1.165, 1.54) is 6.42 Å². The van der Waals surface area contributed by atoms with Crippen LogP contribution in [-0.4, -0.2) is 42.5 Å². The van der Waals surface area contributed by atoms with Gasteiger partial charge in [0, 0.05) is 13.1 Å². The van der Waals surface area contributed by atoms with Gasteiger partial charge in [0.1, 0.15) is 0 Å². The molecule has 0 aromatic carbocycles. The highest BCUT2D eigenvalue weighted by Crippen LogP contribution is 2.17. The molecule has 1 aliphatic rings. The molecule has 98 valence electrons. The third-order valence-corrected chi connectivity index (χ3v) is 3.19. The SMILES string of the molecule is CCNC(=O)NC(=O)C(C)N1CCCC(C)C1. The largest absolute Gasteiger partial charge is 0.338 e. The molecule has 1 aliphatic heterocycles. The predicted octanol–water partition coefficient (Wildman–Crippen LogP) is 0.952. The zero-order valence-electron chi connectivity index (χ0n) is 11.0. The minimum atomic E-state index is -0.408. The number of nitrogens with one attached hydrogen (secondary N) is 2. The van der Waals surface area contributed by atoms with E-state index in [-0.39, 0.29) is 11.9 Å². The van der Waals surface area contributed by atoms with Gasteiger partial charge in [0.05, 0.1) is 6.04 Å². The molecular weight excluding hydrogens is 218 g/mol. The smallest absolute Gasteiger partial charge is 0.321 e. The van der Waals surface area contributed by atoms with Crippen molar-refractivity contribution in [3.05, 3.63) is 0 Å². The fourth-order valence-corrected chi connectivity index (χ4v) is 2.16. The van der Waals surface area contributed by atoms with Gasteiger partial charge in [0.15, 0.2) is 0 Å². The summed E-state index contributed by atoms with van der Waals surface area (Å²) in [7, 11) is 0. The number of hydrogen-bond acceptors (Lipinski definition) is 3. The number of urea groups is 1. The molecule has 0 spiro atoms. The summed E-state index contributed by atoms with van der Waals surface area (Å²) in [5.74, 6) is 0.411. The maximum Gasteiger partial charge on any atom is 0.321 e. The lowest BCUT2D eigenvalue weighted by molar-refractivity contribution is -0.125. The van der Waals surface area contributed by atoms with Crippen molar-refractivity contribution >= 4 is 11.9 Å². The first-order chi connectivity index (χ1) is 8.04. The number of likely N-dealkylation sites (tertiary alicyclic amines) is 1. The number of carbonyl (C=O) groups is 2. The van der Waals surface area contributed by atoms with E-state index in [1.807, 2.05) is 13.8 Å². The Bertz CT molecular complexity index is 281. The van der Waals surface area contributed by atoms with Gasteiger partial charge in [-0.25, -0.2) is 4.79 Å². The molecule has 1 saturated heterocycles. The van der Waals surface area contributed by atoms with Gasteiger partial charge in [-0.3, -0.25) is 15.0 Å². The van der Waals surface area contributed by atoms with E-state index in [1.54, 1.807) is 0 Å². The summed E-state index contributed by atoms with van der Waals surface area (Å²) in [6, 6.07) is -0.644. The molecule has 0 radical (unpaired) electrons. The molecule has 2 atom stereocenters. The summed E-state index contributed by atoms with van der Waals surface area (Å²) in [5, 5.41) is 4.92. The lowest BCUT2D eigenvalue weighted by atomic mass is 9.99. The van der Waals surface area contributed by atoms with E-state index in [0.29, 0.717) is 12.5 Å². The minimum absolute atomic E-state index is 0.218. The molecule has 2 unspecified atom stereocenters. The van der Waals surface area contributed by atoms with Crippen LogP contribution in [0.3, 0.4) is 0 Å². The third kappa shape index (κ3) is 4.34. The molecule has 1 fully saturated rings. The second-order valence-corrected chi connectivity index (χ2v) is 4.77. The molecule has 2 N–H and O–H groups in total. The van der Waals surface area contributed by atoms with Crippen molar-refractivity contribution in [1.29, 1.82) is 0 Å². The van der Waals surface area contributed by atoms with E-state index in [9.17, 15) is 9.59 Å². The Hall–Kier alpha value is -1.10. The number of amides is 3. The van der Waals surface area contributed by atoms with Gasteiger partial charge < -0.3 is 5.32 Å². The number of piperidine rings is 1. The molecule has 3 amide bonds. The molecule has 0 aromatic rings. The van der Waals surface area contributed by atoms with E-state index in [0.717, 1.165) is 19.5 Å². The average Bonchev–Trinajstić information content (AvgIpc) is 2.28. The second-order valence-electron chi connectivity index (χ2n) is 4.77. The average molecular weight is 241 g/mol. The first-order valence-corrected chi connectivity index (χ1v) is 6.37. The fraction of sp³-hybridized carbons (Fsp3) is 0.833. The highest BCUT2D eigenvalue weighted by molar-refractivity contribution is 5.96. The molecule has 0 aliphatic carbocycles. The molecule has 1 rings (SSSR count). The van der Waals surface area contributed by atoms with Gasteiger partial charge >= 0.3 is 6.03 Å². The maximum atomic E-state index is 11.8. The van der Waals surface area contributed by atoms with Crippen molar-refractivity contribution in [2.75, 3.05) is 19.6 Å². The zero-order valence-corrected chi connectivity index (χ0v) is 11.0. The van der Waals surface area contributed by atoms with Crippen LogP contribution in [0.2, 0.25) is 0 Å². The Labute approximate surface area is 103 Å². The lowest BCUT2D eigenvalue weighted by Crippen LogP contribution is -2.51. The summed E-state index contributed by atoms with van der Waals surface area (Å²) < 4.78 is 0. The Morgan fingerprint density at radius 3 is 2.76 bits per heavy atom. The maximum absolute atomic E-state index is 11.8.